The Kier molecular flexibility index (Phi) is 1.69. The highest BCUT2D eigenvalue weighted by atomic mass is 35.5. The Morgan fingerprint density at radius 1 is 0.643 bits per heavy atom. The third kappa shape index (κ3) is 0.925. The lowest BCUT2D eigenvalue weighted by Crippen LogP contribution is -2.02. The maximum Gasteiger partial charge on any atom is 0.658 e. The normalized spacial score (nSPS) is 15.0. The molecule has 0 atom stereocenters. The Bertz CT molecular complexity index is 353. The van der Waals surface area contributed by atoms with Crippen molar-refractivity contribution in [3.05, 3.63) is 10.0 Å². The van der Waals surface area contributed by atoms with E-state index in [1.54, 1.807) is 0 Å². The van der Waals surface area contributed by atoms with Gasteiger partial charge in [0.15, 0.2) is 23.0 Å². The number of hydrogen-bond donors (Lipinski definition) is 0. The van der Waals surface area contributed by atoms with E-state index in [1.807, 2.05) is 0 Å². The molecular weight excluding hydrogens is 229 g/mol. The topological polar surface area (TPSA) is 36.9 Å². The summed E-state index contributed by atoms with van der Waals surface area (Å²) in [5.41, 5.74) is 0. The predicted octanol–water partition coefficient (Wildman–Crippen LogP) is 1.60. The summed E-state index contributed by atoms with van der Waals surface area (Å²) >= 11 is 11.9. The third-order valence-corrected chi connectivity index (χ3v) is 2.56. The van der Waals surface area contributed by atoms with Gasteiger partial charge < -0.3 is 18.6 Å². The molecule has 1 aromatic carbocycles. The summed E-state index contributed by atoms with van der Waals surface area (Å²) in [7, 11) is 2.28. The van der Waals surface area contributed by atoms with Crippen LogP contribution in [0.1, 0.15) is 0 Å². The molecule has 2 radical (unpaired) electrons. The van der Waals surface area contributed by atoms with Crippen LogP contribution in [0.15, 0.2) is 0 Å². The molecule has 0 amide bonds. The zero-order chi connectivity index (χ0) is 9.71. The number of hydrogen-bond acceptors (Lipinski definition) is 4. The van der Waals surface area contributed by atoms with Gasteiger partial charge in [-0.2, -0.15) is 0 Å². The van der Waals surface area contributed by atoms with Crippen LogP contribution >= 0.6 is 23.2 Å². The van der Waals surface area contributed by atoms with E-state index in [0.29, 0.717) is 23.0 Å². The highest BCUT2D eigenvalue weighted by molar-refractivity contribution is 6.42. The van der Waals surface area contributed by atoms with Crippen molar-refractivity contribution in [2.75, 3.05) is 0 Å². The van der Waals surface area contributed by atoms with Crippen molar-refractivity contribution in [1.82, 2.24) is 0 Å². The van der Waals surface area contributed by atoms with Crippen LogP contribution in [0.4, 0.5) is 0 Å². The minimum absolute atomic E-state index is 0.280. The average Bonchev–Trinajstić information content (AvgIpc) is 2.82. The van der Waals surface area contributed by atoms with E-state index in [-0.39, 0.29) is 10.0 Å². The minimum Gasteiger partial charge on any atom is -0.522 e. The Morgan fingerprint density at radius 3 is 1.21 bits per heavy atom. The molecule has 0 bridgehead atoms. The van der Waals surface area contributed by atoms with Gasteiger partial charge in [-0.05, 0) is 0 Å². The number of fused-ring (bicyclic) bond motifs is 2. The van der Waals surface area contributed by atoms with Gasteiger partial charge in [0.1, 0.15) is 10.0 Å². The molecule has 3 rings (SSSR count). The fourth-order valence-electron chi connectivity index (χ4n) is 1.27. The summed E-state index contributed by atoms with van der Waals surface area (Å²) in [5.74, 6) is 1.37. The van der Waals surface area contributed by atoms with Crippen LogP contribution < -0.4 is 18.6 Å². The zero-order valence-corrected chi connectivity index (χ0v) is 8.06. The Labute approximate surface area is 90.6 Å². The van der Waals surface area contributed by atoms with Gasteiger partial charge in [-0.1, -0.05) is 23.2 Å². The van der Waals surface area contributed by atoms with Gasteiger partial charge in [-0.25, -0.2) is 0 Å². The fraction of sp³-hybridized carbons (Fsp3) is 0. The SMILES string of the molecule is Clc1c2c(c(Cl)c3c1O[B]O3)O[B]O2. The molecule has 0 N–H and O–H groups in total. The molecule has 0 spiro atoms. The van der Waals surface area contributed by atoms with Gasteiger partial charge in [-0.15, -0.1) is 0 Å². The summed E-state index contributed by atoms with van der Waals surface area (Å²) in [6, 6.07) is 0. The molecule has 68 valence electrons. The van der Waals surface area contributed by atoms with Crippen LogP contribution in [-0.4, -0.2) is 15.4 Å². The molecule has 2 heterocycles. The lowest BCUT2D eigenvalue weighted by molar-refractivity contribution is 0.529. The van der Waals surface area contributed by atoms with Gasteiger partial charge in [0.25, 0.3) is 0 Å². The van der Waals surface area contributed by atoms with E-state index in [9.17, 15) is 0 Å². The summed E-state index contributed by atoms with van der Waals surface area (Å²) in [4.78, 5) is 0. The van der Waals surface area contributed by atoms with Crippen molar-refractivity contribution in [1.29, 1.82) is 0 Å². The molecule has 4 nitrogen and oxygen atoms in total. The summed E-state index contributed by atoms with van der Waals surface area (Å²) in [5, 5.41) is 0.559. The molecular formula is C6B2Cl2O4. The molecule has 0 fully saturated rings. The van der Waals surface area contributed by atoms with E-state index in [2.05, 4.69) is 0 Å². The maximum absolute atomic E-state index is 5.96. The molecule has 1 aromatic rings. The first-order valence-electron chi connectivity index (χ1n) is 3.64. The monoisotopic (exact) mass is 228 g/mol. The van der Waals surface area contributed by atoms with Crippen LogP contribution in [-0.2, 0) is 0 Å². The maximum atomic E-state index is 5.96. The van der Waals surface area contributed by atoms with Gasteiger partial charge in [0, 0.05) is 0 Å². The molecule has 2 aliphatic rings. The molecule has 14 heavy (non-hydrogen) atoms. The molecule has 0 saturated carbocycles. The second-order valence-electron chi connectivity index (χ2n) is 2.61. The smallest absolute Gasteiger partial charge is 0.522 e. The van der Waals surface area contributed by atoms with E-state index >= 15 is 0 Å². The van der Waals surface area contributed by atoms with Crippen LogP contribution in [0, 0.1) is 0 Å². The molecule has 0 aromatic heterocycles. The molecule has 0 saturated heterocycles. The standard InChI is InChI=1S/C6B2Cl2O4/c9-1-3-5(13-7-11-3)2(10)6-4(1)12-8-14-6. The zero-order valence-electron chi connectivity index (χ0n) is 6.54. The van der Waals surface area contributed by atoms with Crippen LogP contribution in [0.5, 0.6) is 23.0 Å². The van der Waals surface area contributed by atoms with Crippen molar-refractivity contribution in [2.24, 2.45) is 0 Å². The van der Waals surface area contributed by atoms with Gasteiger partial charge in [0.2, 0.25) is 0 Å². The quantitative estimate of drug-likeness (QED) is 0.632. The van der Waals surface area contributed by atoms with Crippen molar-refractivity contribution in [2.45, 2.75) is 0 Å². The summed E-state index contributed by atoms with van der Waals surface area (Å²) < 4.78 is 20.1. The Hall–Kier alpha value is -0.870. The predicted molar refractivity (Wildman–Crippen MR) is 50.5 cm³/mol. The van der Waals surface area contributed by atoms with E-state index in [1.165, 1.54) is 0 Å². The average molecular weight is 229 g/mol. The number of halogens is 2. The van der Waals surface area contributed by atoms with Crippen LogP contribution in [0.2, 0.25) is 10.0 Å². The number of benzene rings is 1. The summed E-state index contributed by atoms with van der Waals surface area (Å²) in [6.07, 6.45) is 0. The van der Waals surface area contributed by atoms with Crippen molar-refractivity contribution < 1.29 is 18.6 Å². The van der Waals surface area contributed by atoms with Gasteiger partial charge in [0.05, 0.1) is 0 Å². The molecule has 0 aliphatic carbocycles. The number of rotatable bonds is 0. The van der Waals surface area contributed by atoms with E-state index in [0.717, 1.165) is 15.4 Å². The molecule has 2 aliphatic heterocycles. The van der Waals surface area contributed by atoms with Gasteiger partial charge >= 0.3 is 15.4 Å². The van der Waals surface area contributed by atoms with E-state index < -0.39 is 0 Å². The first-order valence-corrected chi connectivity index (χ1v) is 4.39. The van der Waals surface area contributed by atoms with Gasteiger partial charge in [-0.3, -0.25) is 0 Å². The first kappa shape index (κ1) is 8.44. The summed E-state index contributed by atoms with van der Waals surface area (Å²) in [6.45, 7) is 0. The van der Waals surface area contributed by atoms with Crippen molar-refractivity contribution in [3.63, 3.8) is 0 Å². The lowest BCUT2D eigenvalue weighted by atomic mass is 10.2. The van der Waals surface area contributed by atoms with Crippen molar-refractivity contribution in [3.8, 4) is 23.0 Å². The first-order chi connectivity index (χ1) is 6.79. The third-order valence-electron chi connectivity index (χ3n) is 1.87. The lowest BCUT2D eigenvalue weighted by Gasteiger charge is -2.07. The minimum atomic E-state index is 0.280. The van der Waals surface area contributed by atoms with Crippen molar-refractivity contribution >= 4 is 38.6 Å². The Morgan fingerprint density at radius 2 is 0.929 bits per heavy atom. The highest BCUT2D eigenvalue weighted by Gasteiger charge is 2.34. The highest BCUT2D eigenvalue weighted by Crippen LogP contribution is 2.56. The largest absolute Gasteiger partial charge is 0.658 e. The fourth-order valence-corrected chi connectivity index (χ4v) is 1.79. The molecule has 8 heteroatoms. The van der Waals surface area contributed by atoms with Crippen LogP contribution in [0.25, 0.3) is 0 Å². The second-order valence-corrected chi connectivity index (χ2v) is 3.36. The molecule has 0 unspecified atom stereocenters. The van der Waals surface area contributed by atoms with E-state index in [4.69, 9.17) is 41.8 Å². The second kappa shape index (κ2) is 2.81. The van der Waals surface area contributed by atoms with Crippen LogP contribution in [0.3, 0.4) is 0 Å². The Balaban J connectivity index is 2.33.